The van der Waals surface area contributed by atoms with Gasteiger partial charge in [0.15, 0.2) is 0 Å². The summed E-state index contributed by atoms with van der Waals surface area (Å²) in [5, 5.41) is 3.19. The highest BCUT2D eigenvalue weighted by molar-refractivity contribution is 6.33. The Kier molecular flexibility index (Phi) is 3.77. The lowest BCUT2D eigenvalue weighted by molar-refractivity contribution is -0.116. The zero-order valence-corrected chi connectivity index (χ0v) is 8.77. The van der Waals surface area contributed by atoms with Crippen LogP contribution in [0.4, 0.5) is 11.4 Å². The van der Waals surface area contributed by atoms with Crippen LogP contribution in [0.15, 0.2) is 18.2 Å². The zero-order valence-electron chi connectivity index (χ0n) is 8.01. The van der Waals surface area contributed by atoms with E-state index in [-0.39, 0.29) is 5.91 Å². The molecule has 0 unspecified atom stereocenters. The van der Waals surface area contributed by atoms with Crippen LogP contribution in [-0.4, -0.2) is 5.91 Å². The number of rotatable bonds is 3. The van der Waals surface area contributed by atoms with Gasteiger partial charge in [-0.2, -0.15) is 0 Å². The Morgan fingerprint density at radius 2 is 2.29 bits per heavy atom. The standard InChI is InChI=1S/C10H13ClN2O/c1-2-3-10(14)13-7-4-5-9(12)8(11)6-7/h4-6H,2-3,12H2,1H3,(H,13,14). The fourth-order valence-corrected chi connectivity index (χ4v) is 1.24. The van der Waals surface area contributed by atoms with Crippen molar-refractivity contribution in [1.29, 1.82) is 0 Å². The number of hydrogen-bond donors (Lipinski definition) is 2. The van der Waals surface area contributed by atoms with Gasteiger partial charge in [-0.1, -0.05) is 18.5 Å². The van der Waals surface area contributed by atoms with Crippen molar-refractivity contribution in [2.45, 2.75) is 19.8 Å². The molecule has 1 aromatic carbocycles. The van der Waals surface area contributed by atoms with Gasteiger partial charge in [-0.3, -0.25) is 4.79 Å². The molecule has 0 aromatic heterocycles. The molecule has 0 bridgehead atoms. The number of benzene rings is 1. The Balaban J connectivity index is 2.68. The van der Waals surface area contributed by atoms with Crippen molar-refractivity contribution in [2.75, 3.05) is 11.1 Å². The summed E-state index contributed by atoms with van der Waals surface area (Å²) in [6, 6.07) is 5.04. The van der Waals surface area contributed by atoms with Gasteiger partial charge in [0.05, 0.1) is 10.7 Å². The normalized spacial score (nSPS) is 9.86. The Morgan fingerprint density at radius 1 is 1.57 bits per heavy atom. The molecule has 0 aliphatic rings. The average molecular weight is 213 g/mol. The highest BCUT2D eigenvalue weighted by Crippen LogP contribution is 2.22. The molecule has 0 saturated carbocycles. The topological polar surface area (TPSA) is 55.1 Å². The number of halogens is 1. The maximum Gasteiger partial charge on any atom is 0.224 e. The minimum absolute atomic E-state index is 0.00617. The summed E-state index contributed by atoms with van der Waals surface area (Å²) in [4.78, 5) is 11.2. The van der Waals surface area contributed by atoms with Crippen molar-refractivity contribution in [2.24, 2.45) is 0 Å². The molecule has 0 spiro atoms. The molecule has 1 amide bonds. The molecule has 0 radical (unpaired) electrons. The van der Waals surface area contributed by atoms with E-state index in [0.717, 1.165) is 6.42 Å². The van der Waals surface area contributed by atoms with Crippen LogP contribution in [-0.2, 0) is 4.79 Å². The highest BCUT2D eigenvalue weighted by Gasteiger charge is 2.02. The van der Waals surface area contributed by atoms with E-state index in [9.17, 15) is 4.79 Å². The lowest BCUT2D eigenvalue weighted by atomic mass is 10.2. The van der Waals surface area contributed by atoms with Crippen LogP contribution < -0.4 is 11.1 Å². The molecule has 4 heteroatoms. The maximum absolute atomic E-state index is 11.2. The summed E-state index contributed by atoms with van der Waals surface area (Å²) in [7, 11) is 0. The van der Waals surface area contributed by atoms with Crippen LogP contribution in [0.5, 0.6) is 0 Å². The highest BCUT2D eigenvalue weighted by atomic mass is 35.5. The first kappa shape index (κ1) is 10.9. The lowest BCUT2D eigenvalue weighted by Gasteiger charge is -2.05. The summed E-state index contributed by atoms with van der Waals surface area (Å²) in [6.45, 7) is 1.95. The number of nitrogens with two attached hydrogens (primary N) is 1. The van der Waals surface area contributed by atoms with Crippen LogP contribution in [0.3, 0.4) is 0 Å². The molecular formula is C10H13ClN2O. The van der Waals surface area contributed by atoms with Crippen LogP contribution in [0.1, 0.15) is 19.8 Å². The minimum Gasteiger partial charge on any atom is -0.398 e. The number of carbonyl (C=O) groups is 1. The maximum atomic E-state index is 11.2. The number of nitrogens with one attached hydrogen (secondary N) is 1. The van der Waals surface area contributed by atoms with Gasteiger partial charge in [0.1, 0.15) is 0 Å². The molecular weight excluding hydrogens is 200 g/mol. The van der Waals surface area contributed by atoms with Crippen LogP contribution in [0.2, 0.25) is 5.02 Å². The number of anilines is 2. The van der Waals surface area contributed by atoms with Crippen molar-refractivity contribution >= 4 is 28.9 Å². The molecule has 1 aromatic rings. The molecule has 0 saturated heterocycles. The third kappa shape index (κ3) is 2.92. The molecule has 0 fully saturated rings. The van der Waals surface area contributed by atoms with E-state index in [1.54, 1.807) is 18.2 Å². The molecule has 14 heavy (non-hydrogen) atoms. The Morgan fingerprint density at radius 3 is 2.86 bits per heavy atom. The SMILES string of the molecule is CCCC(=O)Nc1ccc(N)c(Cl)c1. The van der Waals surface area contributed by atoms with E-state index in [1.165, 1.54) is 0 Å². The number of carbonyl (C=O) groups excluding carboxylic acids is 1. The van der Waals surface area contributed by atoms with Crippen LogP contribution in [0, 0.1) is 0 Å². The Labute approximate surface area is 88.2 Å². The van der Waals surface area contributed by atoms with Crippen LogP contribution >= 0.6 is 11.6 Å². The number of amides is 1. The van der Waals surface area contributed by atoms with Gasteiger partial charge in [-0.05, 0) is 24.6 Å². The van der Waals surface area contributed by atoms with Gasteiger partial charge < -0.3 is 11.1 Å². The monoisotopic (exact) mass is 212 g/mol. The Bertz CT molecular complexity index is 339. The number of nitrogen functional groups attached to an aromatic ring is 1. The van der Waals surface area contributed by atoms with E-state index in [0.29, 0.717) is 22.8 Å². The van der Waals surface area contributed by atoms with E-state index in [4.69, 9.17) is 17.3 Å². The van der Waals surface area contributed by atoms with E-state index >= 15 is 0 Å². The van der Waals surface area contributed by atoms with Gasteiger partial charge >= 0.3 is 0 Å². The molecule has 0 atom stereocenters. The fraction of sp³-hybridized carbons (Fsp3) is 0.300. The van der Waals surface area contributed by atoms with Gasteiger partial charge in [0, 0.05) is 12.1 Å². The van der Waals surface area contributed by atoms with E-state index in [1.807, 2.05) is 6.92 Å². The summed E-state index contributed by atoms with van der Waals surface area (Å²) >= 11 is 5.80. The van der Waals surface area contributed by atoms with Crippen molar-refractivity contribution in [3.05, 3.63) is 23.2 Å². The second-order valence-corrected chi connectivity index (χ2v) is 3.44. The second-order valence-electron chi connectivity index (χ2n) is 3.03. The molecule has 0 aliphatic heterocycles. The molecule has 3 nitrogen and oxygen atoms in total. The number of hydrogen-bond acceptors (Lipinski definition) is 2. The predicted octanol–water partition coefficient (Wildman–Crippen LogP) is 2.66. The van der Waals surface area contributed by atoms with Crippen molar-refractivity contribution in [3.63, 3.8) is 0 Å². The quantitative estimate of drug-likeness (QED) is 0.757. The molecule has 3 N–H and O–H groups in total. The predicted molar refractivity (Wildman–Crippen MR) is 59.4 cm³/mol. The molecule has 1 rings (SSSR count). The van der Waals surface area contributed by atoms with Gasteiger partial charge in [0.2, 0.25) is 5.91 Å². The summed E-state index contributed by atoms with van der Waals surface area (Å²) in [6.07, 6.45) is 1.34. The summed E-state index contributed by atoms with van der Waals surface area (Å²) in [5.41, 5.74) is 6.73. The first-order valence-corrected chi connectivity index (χ1v) is 4.86. The zero-order chi connectivity index (χ0) is 10.6. The molecule has 0 heterocycles. The first-order chi connectivity index (χ1) is 6.63. The van der Waals surface area contributed by atoms with Crippen LogP contribution in [0.25, 0.3) is 0 Å². The second kappa shape index (κ2) is 4.86. The van der Waals surface area contributed by atoms with Gasteiger partial charge in [0.25, 0.3) is 0 Å². The first-order valence-electron chi connectivity index (χ1n) is 4.48. The Hall–Kier alpha value is -1.22. The third-order valence-electron chi connectivity index (χ3n) is 1.76. The van der Waals surface area contributed by atoms with E-state index in [2.05, 4.69) is 5.32 Å². The fourth-order valence-electron chi connectivity index (χ4n) is 1.06. The van der Waals surface area contributed by atoms with Gasteiger partial charge in [-0.15, -0.1) is 0 Å². The smallest absolute Gasteiger partial charge is 0.224 e. The molecule has 0 aliphatic carbocycles. The van der Waals surface area contributed by atoms with Gasteiger partial charge in [-0.25, -0.2) is 0 Å². The van der Waals surface area contributed by atoms with Crippen molar-refractivity contribution < 1.29 is 4.79 Å². The third-order valence-corrected chi connectivity index (χ3v) is 2.09. The largest absolute Gasteiger partial charge is 0.398 e. The minimum atomic E-state index is -0.00617. The van der Waals surface area contributed by atoms with Crippen molar-refractivity contribution in [1.82, 2.24) is 0 Å². The molecule has 76 valence electrons. The summed E-state index contributed by atoms with van der Waals surface area (Å²) in [5.74, 6) is -0.00617. The summed E-state index contributed by atoms with van der Waals surface area (Å²) < 4.78 is 0. The average Bonchev–Trinajstić information content (AvgIpc) is 2.12. The lowest BCUT2D eigenvalue weighted by Crippen LogP contribution is -2.10. The van der Waals surface area contributed by atoms with Crippen molar-refractivity contribution in [3.8, 4) is 0 Å². The van der Waals surface area contributed by atoms with E-state index < -0.39 is 0 Å².